The van der Waals surface area contributed by atoms with Crippen LogP contribution >= 0.6 is 0 Å². The molecule has 0 aliphatic carbocycles. The molecule has 0 aliphatic heterocycles. The Kier molecular flexibility index (Phi) is 3.88. The number of nitrogens with zero attached hydrogens (tertiary/aromatic N) is 2. The van der Waals surface area contributed by atoms with E-state index < -0.39 is 22.8 Å². The van der Waals surface area contributed by atoms with Gasteiger partial charge in [0.1, 0.15) is 11.5 Å². The predicted molar refractivity (Wildman–Crippen MR) is 70.3 cm³/mol. The number of aryl methyl sites for hydroxylation is 1. The standard InChI is InChI=1S/C13H12N2O6/c1-7-3-4-10(12(14-7)15(18)19)20-8(2)9-5-6-11(21-9)13(16)17/h3-6,8H,1-2H3,(H,16,17). The second kappa shape index (κ2) is 5.61. The van der Waals surface area contributed by atoms with Crippen molar-refractivity contribution in [2.75, 3.05) is 0 Å². The summed E-state index contributed by atoms with van der Waals surface area (Å²) in [6.07, 6.45) is -0.693. The van der Waals surface area contributed by atoms with E-state index in [0.29, 0.717) is 5.69 Å². The van der Waals surface area contributed by atoms with Gasteiger partial charge in [-0.1, -0.05) is 0 Å². The minimum Gasteiger partial charge on any atom is -0.475 e. The molecule has 8 nitrogen and oxygen atoms in total. The van der Waals surface area contributed by atoms with Crippen LogP contribution in [0.15, 0.2) is 28.7 Å². The molecule has 0 bridgehead atoms. The zero-order valence-corrected chi connectivity index (χ0v) is 11.3. The van der Waals surface area contributed by atoms with Crippen LogP contribution in [0.1, 0.15) is 35.0 Å². The molecule has 0 fully saturated rings. The Balaban J connectivity index is 2.24. The van der Waals surface area contributed by atoms with Gasteiger partial charge in [0.05, 0.1) is 0 Å². The fraction of sp³-hybridized carbons (Fsp3) is 0.231. The van der Waals surface area contributed by atoms with Gasteiger partial charge < -0.3 is 24.4 Å². The van der Waals surface area contributed by atoms with Gasteiger partial charge in [0.2, 0.25) is 11.5 Å². The molecule has 2 heterocycles. The molecule has 0 saturated carbocycles. The molecule has 1 unspecified atom stereocenters. The van der Waals surface area contributed by atoms with Gasteiger partial charge in [0.25, 0.3) is 0 Å². The second-order valence-electron chi connectivity index (χ2n) is 4.30. The van der Waals surface area contributed by atoms with E-state index >= 15 is 0 Å². The topological polar surface area (TPSA) is 116 Å². The summed E-state index contributed by atoms with van der Waals surface area (Å²) in [5, 5.41) is 19.7. The summed E-state index contributed by atoms with van der Waals surface area (Å²) < 4.78 is 10.5. The van der Waals surface area contributed by atoms with Gasteiger partial charge in [0, 0.05) is 6.92 Å². The molecule has 1 atom stereocenters. The van der Waals surface area contributed by atoms with Crippen LogP contribution < -0.4 is 4.74 Å². The van der Waals surface area contributed by atoms with Gasteiger partial charge in [-0.3, -0.25) is 0 Å². The molecule has 0 saturated heterocycles. The third-order valence-electron chi connectivity index (χ3n) is 2.69. The van der Waals surface area contributed by atoms with Gasteiger partial charge in [-0.25, -0.2) is 4.79 Å². The first-order valence-corrected chi connectivity index (χ1v) is 6.00. The number of nitro groups is 1. The summed E-state index contributed by atoms with van der Waals surface area (Å²) in [6.45, 7) is 3.22. The molecule has 110 valence electrons. The maximum atomic E-state index is 10.9. The molecule has 2 aromatic rings. The molecular formula is C13H12N2O6. The van der Waals surface area contributed by atoms with E-state index in [1.54, 1.807) is 19.9 Å². The highest BCUT2D eigenvalue weighted by atomic mass is 16.6. The molecule has 0 radical (unpaired) electrons. The quantitative estimate of drug-likeness (QED) is 0.665. The van der Waals surface area contributed by atoms with Crippen LogP contribution in [-0.2, 0) is 0 Å². The number of hydrogen-bond acceptors (Lipinski definition) is 6. The maximum Gasteiger partial charge on any atom is 0.406 e. The Morgan fingerprint density at radius 1 is 1.43 bits per heavy atom. The summed E-state index contributed by atoms with van der Waals surface area (Å²) in [4.78, 5) is 24.9. The summed E-state index contributed by atoms with van der Waals surface area (Å²) in [5.41, 5.74) is 0.493. The van der Waals surface area contributed by atoms with Crippen molar-refractivity contribution in [3.05, 3.63) is 51.6 Å². The van der Waals surface area contributed by atoms with E-state index in [1.165, 1.54) is 18.2 Å². The van der Waals surface area contributed by atoms with Crippen LogP contribution in [0.3, 0.4) is 0 Å². The van der Waals surface area contributed by atoms with Gasteiger partial charge in [-0.05, 0) is 41.1 Å². The van der Waals surface area contributed by atoms with Gasteiger partial charge >= 0.3 is 11.8 Å². The van der Waals surface area contributed by atoms with Gasteiger partial charge in [-0.2, -0.15) is 0 Å². The number of hydrogen-bond donors (Lipinski definition) is 1. The number of aromatic nitrogens is 1. The van der Waals surface area contributed by atoms with Crippen molar-refractivity contribution in [1.82, 2.24) is 4.98 Å². The lowest BCUT2D eigenvalue weighted by molar-refractivity contribution is -0.390. The highest BCUT2D eigenvalue weighted by molar-refractivity contribution is 5.84. The normalized spacial score (nSPS) is 11.9. The van der Waals surface area contributed by atoms with Crippen LogP contribution in [0, 0.1) is 17.0 Å². The van der Waals surface area contributed by atoms with Crippen LogP contribution in [0.4, 0.5) is 5.82 Å². The van der Waals surface area contributed by atoms with Gasteiger partial charge in [-0.15, -0.1) is 0 Å². The molecule has 0 amide bonds. The van der Waals surface area contributed by atoms with Crippen LogP contribution in [0.2, 0.25) is 0 Å². The van der Waals surface area contributed by atoms with E-state index in [0.717, 1.165) is 0 Å². The van der Waals surface area contributed by atoms with Crippen LogP contribution in [0.5, 0.6) is 5.75 Å². The Labute approximate surface area is 119 Å². The predicted octanol–water partition coefficient (Wildman–Crippen LogP) is 2.73. The molecule has 0 aromatic carbocycles. The molecule has 21 heavy (non-hydrogen) atoms. The average Bonchev–Trinajstić information content (AvgIpc) is 2.90. The molecular weight excluding hydrogens is 280 g/mol. The number of carboxylic acid groups (broad SMARTS) is 1. The first kappa shape index (κ1) is 14.5. The van der Waals surface area contributed by atoms with E-state index in [1.807, 2.05) is 0 Å². The first-order chi connectivity index (χ1) is 9.88. The fourth-order valence-corrected chi connectivity index (χ4v) is 1.69. The molecule has 0 aliphatic rings. The first-order valence-electron chi connectivity index (χ1n) is 6.00. The van der Waals surface area contributed by atoms with E-state index in [-0.39, 0.29) is 17.3 Å². The molecule has 2 aromatic heterocycles. The Hall–Kier alpha value is -2.90. The monoisotopic (exact) mass is 292 g/mol. The van der Waals surface area contributed by atoms with E-state index in [4.69, 9.17) is 14.3 Å². The minimum absolute atomic E-state index is 0.00799. The zero-order chi connectivity index (χ0) is 15.6. The maximum absolute atomic E-state index is 10.9. The summed E-state index contributed by atoms with van der Waals surface area (Å²) in [6, 6.07) is 5.76. The summed E-state index contributed by atoms with van der Waals surface area (Å²) in [5.74, 6) is -1.58. The van der Waals surface area contributed by atoms with Crippen molar-refractivity contribution in [3.63, 3.8) is 0 Å². The average molecular weight is 292 g/mol. The highest BCUT2D eigenvalue weighted by Gasteiger charge is 2.22. The Morgan fingerprint density at radius 3 is 2.71 bits per heavy atom. The second-order valence-corrected chi connectivity index (χ2v) is 4.30. The van der Waals surface area contributed by atoms with Crippen molar-refractivity contribution < 1.29 is 24.0 Å². The van der Waals surface area contributed by atoms with Gasteiger partial charge in [0.15, 0.2) is 6.10 Å². The van der Waals surface area contributed by atoms with Crippen molar-refractivity contribution in [3.8, 4) is 5.75 Å². The molecule has 8 heteroatoms. The van der Waals surface area contributed by atoms with Crippen LogP contribution in [0.25, 0.3) is 0 Å². The number of pyridine rings is 1. The number of aromatic carboxylic acids is 1. The van der Waals surface area contributed by atoms with Crippen molar-refractivity contribution in [2.24, 2.45) is 0 Å². The van der Waals surface area contributed by atoms with Crippen molar-refractivity contribution in [2.45, 2.75) is 20.0 Å². The lowest BCUT2D eigenvalue weighted by atomic mass is 10.3. The zero-order valence-electron chi connectivity index (χ0n) is 11.3. The third kappa shape index (κ3) is 3.16. The van der Waals surface area contributed by atoms with Crippen molar-refractivity contribution >= 4 is 11.8 Å². The highest BCUT2D eigenvalue weighted by Crippen LogP contribution is 2.30. The Morgan fingerprint density at radius 2 is 2.14 bits per heavy atom. The molecule has 1 N–H and O–H groups in total. The molecule has 2 rings (SSSR count). The number of carboxylic acids is 1. The number of furan rings is 1. The number of rotatable bonds is 5. The van der Waals surface area contributed by atoms with E-state index in [2.05, 4.69) is 4.98 Å². The minimum atomic E-state index is -1.20. The lowest BCUT2D eigenvalue weighted by Crippen LogP contribution is -2.05. The Bertz CT molecular complexity index is 694. The molecule has 0 spiro atoms. The number of carbonyl (C=O) groups is 1. The smallest absolute Gasteiger partial charge is 0.406 e. The third-order valence-corrected chi connectivity index (χ3v) is 2.69. The lowest BCUT2D eigenvalue weighted by Gasteiger charge is -2.12. The largest absolute Gasteiger partial charge is 0.475 e. The van der Waals surface area contributed by atoms with E-state index in [9.17, 15) is 14.9 Å². The van der Waals surface area contributed by atoms with Crippen molar-refractivity contribution in [1.29, 1.82) is 0 Å². The van der Waals surface area contributed by atoms with Crippen LogP contribution in [-0.4, -0.2) is 21.0 Å². The SMILES string of the molecule is Cc1ccc(OC(C)c2ccc(C(=O)O)o2)c([N+](=O)[O-])n1. The summed E-state index contributed by atoms with van der Waals surface area (Å²) >= 11 is 0. The summed E-state index contributed by atoms with van der Waals surface area (Å²) in [7, 11) is 0. The fourth-order valence-electron chi connectivity index (χ4n) is 1.69. The number of ether oxygens (including phenoxy) is 1.